The maximum atomic E-state index is 13.3. The summed E-state index contributed by atoms with van der Waals surface area (Å²) in [6, 6.07) is 0. The Balaban J connectivity index is 1.94. The van der Waals surface area contributed by atoms with E-state index in [2.05, 4.69) is 13.8 Å². The Kier molecular flexibility index (Phi) is 3.40. The third kappa shape index (κ3) is 1.65. The zero-order valence-corrected chi connectivity index (χ0v) is 15.8. The molecule has 0 unspecified atom stereocenters. The number of carbonyl (C=O) groups is 2. The molecule has 0 radical (unpaired) electrons. The Morgan fingerprint density at radius 3 is 2.31 bits per heavy atom. The van der Waals surface area contributed by atoms with Gasteiger partial charge in [-0.25, -0.2) is 0 Å². The molecule has 4 aliphatic rings. The Labute approximate surface area is 153 Å². The molecule has 1 spiro atoms. The molecule has 2 bridgehead atoms. The molecule has 7 atom stereocenters. The first-order valence-electron chi connectivity index (χ1n) is 9.70. The summed E-state index contributed by atoms with van der Waals surface area (Å²) in [4.78, 5) is 25.0. The molecular formula is C20H30O6. The Hall–Kier alpha value is -0.820. The van der Waals surface area contributed by atoms with Gasteiger partial charge in [0.15, 0.2) is 17.7 Å². The molecule has 4 rings (SSSR count). The second-order valence-corrected chi connectivity index (χ2v) is 10.4. The number of aldehydes is 1. The molecule has 146 valence electrons. The van der Waals surface area contributed by atoms with Crippen LogP contribution in [0.4, 0.5) is 0 Å². The van der Waals surface area contributed by atoms with Crippen LogP contribution in [0.3, 0.4) is 0 Å². The van der Waals surface area contributed by atoms with Gasteiger partial charge in [-0.1, -0.05) is 27.2 Å². The van der Waals surface area contributed by atoms with Crippen molar-refractivity contribution in [1.82, 2.24) is 0 Å². The van der Waals surface area contributed by atoms with Crippen LogP contribution >= 0.6 is 0 Å². The van der Waals surface area contributed by atoms with Crippen LogP contribution in [0, 0.1) is 22.2 Å². The third-order valence-electron chi connectivity index (χ3n) is 8.95. The van der Waals surface area contributed by atoms with Gasteiger partial charge < -0.3 is 25.2 Å². The van der Waals surface area contributed by atoms with Crippen molar-refractivity contribution in [2.75, 3.05) is 0 Å². The smallest absolute Gasteiger partial charge is 0.196 e. The lowest BCUT2D eigenvalue weighted by atomic mass is 9.38. The van der Waals surface area contributed by atoms with Gasteiger partial charge in [-0.05, 0) is 49.9 Å². The van der Waals surface area contributed by atoms with Gasteiger partial charge in [-0.15, -0.1) is 0 Å². The molecule has 4 fully saturated rings. The summed E-state index contributed by atoms with van der Waals surface area (Å²) in [6.45, 7) is 6.24. The van der Waals surface area contributed by atoms with E-state index in [0.717, 1.165) is 19.3 Å². The van der Waals surface area contributed by atoms with Crippen molar-refractivity contribution < 1.29 is 30.0 Å². The van der Waals surface area contributed by atoms with E-state index in [1.165, 1.54) is 0 Å². The van der Waals surface area contributed by atoms with Crippen LogP contribution in [0.15, 0.2) is 0 Å². The SMILES string of the molecule is CC1(C)CCC[C@]2(C)[C@@H]1CC[C@@]13C[C@](O)(C=O)[C@@](O)(C1)[C@@H](O)C(=O)[C@]32O. The largest absolute Gasteiger partial charge is 0.383 e. The number of rotatable bonds is 1. The molecule has 0 aromatic carbocycles. The van der Waals surface area contributed by atoms with Crippen LogP contribution in [0.1, 0.15) is 65.7 Å². The highest BCUT2D eigenvalue weighted by atomic mass is 16.4. The number of hydrogen-bond donors (Lipinski definition) is 4. The monoisotopic (exact) mass is 366 g/mol. The van der Waals surface area contributed by atoms with Crippen molar-refractivity contribution in [1.29, 1.82) is 0 Å². The van der Waals surface area contributed by atoms with Crippen molar-refractivity contribution in [3.63, 3.8) is 0 Å². The van der Waals surface area contributed by atoms with Crippen LogP contribution in [-0.2, 0) is 9.59 Å². The van der Waals surface area contributed by atoms with Crippen molar-refractivity contribution >= 4 is 12.1 Å². The molecule has 0 amide bonds. The normalized spacial score (nSPS) is 58.0. The molecule has 6 heteroatoms. The number of fused-ring (bicyclic) bond motifs is 3. The fourth-order valence-electron chi connectivity index (χ4n) is 7.74. The first-order valence-corrected chi connectivity index (χ1v) is 9.70. The highest BCUT2D eigenvalue weighted by Crippen LogP contribution is 2.74. The van der Waals surface area contributed by atoms with Gasteiger partial charge in [0, 0.05) is 10.8 Å². The second kappa shape index (κ2) is 4.77. The van der Waals surface area contributed by atoms with Gasteiger partial charge in [0.2, 0.25) is 0 Å². The van der Waals surface area contributed by atoms with Gasteiger partial charge in [0.1, 0.15) is 17.3 Å². The molecule has 4 aliphatic carbocycles. The lowest BCUT2D eigenvalue weighted by Crippen LogP contribution is -2.76. The summed E-state index contributed by atoms with van der Waals surface area (Å²) in [5.74, 6) is -0.736. The van der Waals surface area contributed by atoms with Crippen LogP contribution in [0.5, 0.6) is 0 Å². The third-order valence-corrected chi connectivity index (χ3v) is 8.95. The maximum Gasteiger partial charge on any atom is 0.196 e. The molecule has 6 nitrogen and oxygen atoms in total. The topological polar surface area (TPSA) is 115 Å². The van der Waals surface area contributed by atoms with E-state index < -0.39 is 39.5 Å². The predicted molar refractivity (Wildman–Crippen MR) is 92.1 cm³/mol. The Morgan fingerprint density at radius 1 is 1.04 bits per heavy atom. The van der Waals surface area contributed by atoms with E-state index in [-0.39, 0.29) is 30.5 Å². The van der Waals surface area contributed by atoms with Crippen molar-refractivity contribution in [2.24, 2.45) is 22.2 Å². The summed E-state index contributed by atoms with van der Waals surface area (Å²) in [5, 5.41) is 44.4. The molecule has 0 aromatic rings. The minimum atomic E-state index is -2.23. The summed E-state index contributed by atoms with van der Waals surface area (Å²) in [6.07, 6.45) is 1.67. The summed E-state index contributed by atoms with van der Waals surface area (Å²) >= 11 is 0. The Bertz CT molecular complexity index is 690. The lowest BCUT2D eigenvalue weighted by Gasteiger charge is -2.67. The average molecular weight is 366 g/mol. The molecule has 0 aromatic heterocycles. The Morgan fingerprint density at radius 2 is 1.69 bits per heavy atom. The summed E-state index contributed by atoms with van der Waals surface area (Å²) in [7, 11) is 0. The standard InChI is InChI=1S/C20H30O6/c1-15(2)6-4-7-16(3)12(15)5-8-17-9-18(24,11-21)19(25,10-17)13(22)14(23)20(16,17)26/h11-13,22,24-26H,4-10H2,1-3H3/t12-,13+,16-,17-,18+,19-,20-/m1/s1. The predicted octanol–water partition coefficient (Wildman–Crippen LogP) is 0.729. The van der Waals surface area contributed by atoms with Crippen molar-refractivity contribution in [3.8, 4) is 0 Å². The van der Waals surface area contributed by atoms with Gasteiger partial charge in [0.25, 0.3) is 0 Å². The van der Waals surface area contributed by atoms with E-state index in [0.29, 0.717) is 12.8 Å². The molecule has 0 aliphatic heterocycles. The van der Waals surface area contributed by atoms with Crippen molar-refractivity contribution in [3.05, 3.63) is 0 Å². The fourth-order valence-corrected chi connectivity index (χ4v) is 7.74. The molecular weight excluding hydrogens is 336 g/mol. The number of aliphatic hydroxyl groups excluding tert-OH is 1. The summed E-state index contributed by atoms with van der Waals surface area (Å²) < 4.78 is 0. The molecule has 4 saturated carbocycles. The number of ketones is 1. The van der Waals surface area contributed by atoms with Gasteiger partial charge in [-0.2, -0.15) is 0 Å². The van der Waals surface area contributed by atoms with E-state index in [1.807, 2.05) is 6.92 Å². The van der Waals surface area contributed by atoms with Crippen LogP contribution in [-0.4, -0.2) is 55.4 Å². The minimum absolute atomic E-state index is 0.0527. The van der Waals surface area contributed by atoms with Crippen LogP contribution in [0.25, 0.3) is 0 Å². The van der Waals surface area contributed by atoms with Gasteiger partial charge in [0.05, 0.1) is 0 Å². The van der Waals surface area contributed by atoms with E-state index in [4.69, 9.17) is 0 Å². The minimum Gasteiger partial charge on any atom is -0.383 e. The zero-order valence-electron chi connectivity index (χ0n) is 15.8. The number of carbonyl (C=O) groups excluding carboxylic acids is 2. The highest BCUT2D eigenvalue weighted by Gasteiger charge is 2.83. The zero-order chi connectivity index (χ0) is 19.4. The number of hydrogen-bond acceptors (Lipinski definition) is 6. The van der Waals surface area contributed by atoms with E-state index in [1.54, 1.807) is 0 Å². The molecule has 26 heavy (non-hydrogen) atoms. The number of Topliss-reactive ketones (excluding diaryl/α,β-unsaturated/α-hetero) is 1. The van der Waals surface area contributed by atoms with Crippen molar-refractivity contribution in [2.45, 2.75) is 88.6 Å². The van der Waals surface area contributed by atoms with Gasteiger partial charge >= 0.3 is 0 Å². The van der Waals surface area contributed by atoms with E-state index in [9.17, 15) is 30.0 Å². The quantitative estimate of drug-likeness (QED) is 0.509. The van der Waals surface area contributed by atoms with E-state index >= 15 is 0 Å². The first-order chi connectivity index (χ1) is 11.8. The molecule has 0 heterocycles. The average Bonchev–Trinajstić information content (AvgIpc) is 2.78. The first kappa shape index (κ1) is 18.5. The van der Waals surface area contributed by atoms with Gasteiger partial charge in [-0.3, -0.25) is 4.79 Å². The molecule has 4 N–H and O–H groups in total. The van der Waals surface area contributed by atoms with Crippen LogP contribution in [0.2, 0.25) is 0 Å². The lowest BCUT2D eigenvalue weighted by molar-refractivity contribution is -0.264. The fraction of sp³-hybridized carbons (Fsp3) is 0.900. The van der Waals surface area contributed by atoms with Crippen LogP contribution < -0.4 is 0 Å². The maximum absolute atomic E-state index is 13.3. The highest BCUT2D eigenvalue weighted by molar-refractivity contribution is 5.97. The number of aliphatic hydroxyl groups is 4. The summed E-state index contributed by atoms with van der Waals surface area (Å²) in [5.41, 5.74) is -8.22. The molecule has 0 saturated heterocycles. The second-order valence-electron chi connectivity index (χ2n) is 10.4.